The van der Waals surface area contributed by atoms with Crippen LogP contribution in [0.2, 0.25) is 0 Å². The van der Waals surface area contributed by atoms with Crippen molar-refractivity contribution in [3.63, 3.8) is 0 Å². The van der Waals surface area contributed by atoms with Crippen LogP contribution in [0.4, 0.5) is 0 Å². The van der Waals surface area contributed by atoms with Crippen molar-refractivity contribution in [1.82, 2.24) is 24.6 Å². The molecule has 0 radical (unpaired) electrons. The van der Waals surface area contributed by atoms with E-state index in [4.69, 9.17) is 0 Å². The summed E-state index contributed by atoms with van der Waals surface area (Å²) in [7, 11) is 0. The molecule has 1 fully saturated rings. The topological polar surface area (TPSA) is 79.6 Å². The fourth-order valence-electron chi connectivity index (χ4n) is 3.73. The van der Waals surface area contributed by atoms with Crippen molar-refractivity contribution in [3.8, 4) is 0 Å². The average molecular weight is 377 g/mol. The van der Waals surface area contributed by atoms with Gasteiger partial charge in [0.2, 0.25) is 0 Å². The van der Waals surface area contributed by atoms with Gasteiger partial charge >= 0.3 is 0 Å². The number of likely N-dealkylation sites (tertiary alicyclic amines) is 1. The SMILES string of the molecule is O=C(NCC(c1cccnc1)N1CCCCC1)c1cnc2ccccn2c1=O. The number of pyridine rings is 2. The highest BCUT2D eigenvalue weighted by Gasteiger charge is 2.24. The number of rotatable bonds is 5. The van der Waals surface area contributed by atoms with Crippen LogP contribution in [0.15, 0.2) is 59.9 Å². The van der Waals surface area contributed by atoms with Crippen LogP contribution in [0.5, 0.6) is 0 Å². The van der Waals surface area contributed by atoms with Gasteiger partial charge in [-0.25, -0.2) is 4.98 Å². The number of carbonyl (C=O) groups is 1. The van der Waals surface area contributed by atoms with Gasteiger partial charge in [-0.15, -0.1) is 0 Å². The Balaban J connectivity index is 1.54. The van der Waals surface area contributed by atoms with Gasteiger partial charge in [0.25, 0.3) is 11.5 Å². The number of amides is 1. The molecule has 0 bridgehead atoms. The van der Waals surface area contributed by atoms with Gasteiger partial charge in [-0.3, -0.25) is 23.9 Å². The van der Waals surface area contributed by atoms with Crippen LogP contribution in [0.3, 0.4) is 0 Å². The Morgan fingerprint density at radius 2 is 1.96 bits per heavy atom. The Bertz CT molecular complexity index is 1010. The van der Waals surface area contributed by atoms with Crippen molar-refractivity contribution in [2.24, 2.45) is 0 Å². The summed E-state index contributed by atoms with van der Waals surface area (Å²) in [4.78, 5) is 36.2. The largest absolute Gasteiger partial charge is 0.350 e. The first-order chi connectivity index (χ1) is 13.7. The molecule has 1 N–H and O–H groups in total. The number of piperidine rings is 1. The van der Waals surface area contributed by atoms with Crippen LogP contribution in [0, 0.1) is 0 Å². The van der Waals surface area contributed by atoms with E-state index in [2.05, 4.69) is 20.2 Å². The van der Waals surface area contributed by atoms with Gasteiger partial charge in [-0.1, -0.05) is 18.6 Å². The molecule has 0 aliphatic carbocycles. The zero-order valence-electron chi connectivity index (χ0n) is 15.6. The summed E-state index contributed by atoms with van der Waals surface area (Å²) in [6.45, 7) is 2.41. The molecule has 4 rings (SSSR count). The fourth-order valence-corrected chi connectivity index (χ4v) is 3.73. The maximum Gasteiger partial charge on any atom is 0.270 e. The minimum Gasteiger partial charge on any atom is -0.350 e. The summed E-state index contributed by atoms with van der Waals surface area (Å²) in [5, 5.41) is 2.94. The Hall–Kier alpha value is -3.06. The highest BCUT2D eigenvalue weighted by Crippen LogP contribution is 2.23. The number of fused-ring (bicyclic) bond motifs is 1. The molecule has 0 aromatic carbocycles. The summed E-state index contributed by atoms with van der Waals surface area (Å²) >= 11 is 0. The first-order valence-corrected chi connectivity index (χ1v) is 9.62. The molecule has 1 saturated heterocycles. The van der Waals surface area contributed by atoms with E-state index in [-0.39, 0.29) is 17.2 Å². The standard InChI is InChI=1S/C21H23N5O2/c27-20(17-14-23-19-8-2-5-12-26(19)21(17)28)24-15-18(16-7-6-9-22-13-16)25-10-3-1-4-11-25/h2,5-9,12-14,18H,1,3-4,10-11,15H2,(H,24,27). The zero-order chi connectivity index (χ0) is 19.3. The Labute approximate surface area is 163 Å². The molecule has 0 spiro atoms. The lowest BCUT2D eigenvalue weighted by Crippen LogP contribution is -2.41. The second-order valence-electron chi connectivity index (χ2n) is 7.01. The lowest BCUT2D eigenvalue weighted by molar-refractivity contribution is 0.0922. The minimum absolute atomic E-state index is 0.0362. The van der Waals surface area contributed by atoms with Crippen LogP contribution in [-0.2, 0) is 0 Å². The van der Waals surface area contributed by atoms with Crippen LogP contribution < -0.4 is 10.9 Å². The van der Waals surface area contributed by atoms with E-state index >= 15 is 0 Å². The van der Waals surface area contributed by atoms with Crippen LogP contribution in [-0.4, -0.2) is 44.8 Å². The molecule has 7 heteroatoms. The van der Waals surface area contributed by atoms with Gasteiger partial charge in [0.15, 0.2) is 0 Å². The van der Waals surface area contributed by atoms with E-state index < -0.39 is 5.91 Å². The monoisotopic (exact) mass is 377 g/mol. The predicted octanol–water partition coefficient (Wildman–Crippen LogP) is 2.05. The molecule has 28 heavy (non-hydrogen) atoms. The van der Waals surface area contributed by atoms with Crippen molar-refractivity contribution >= 4 is 11.6 Å². The molecule has 3 aromatic heterocycles. The highest BCUT2D eigenvalue weighted by molar-refractivity contribution is 5.93. The first kappa shape index (κ1) is 18.3. The predicted molar refractivity (Wildman–Crippen MR) is 106 cm³/mol. The van der Waals surface area contributed by atoms with E-state index in [9.17, 15) is 9.59 Å². The van der Waals surface area contributed by atoms with Gasteiger partial charge in [0.1, 0.15) is 11.2 Å². The fraction of sp³-hybridized carbons (Fsp3) is 0.333. The molecule has 1 aliphatic heterocycles. The summed E-state index contributed by atoms with van der Waals surface area (Å²) < 4.78 is 1.39. The zero-order valence-corrected chi connectivity index (χ0v) is 15.6. The van der Waals surface area contributed by atoms with E-state index in [0.717, 1.165) is 31.5 Å². The normalized spacial score (nSPS) is 16.0. The van der Waals surface area contributed by atoms with Gasteiger partial charge in [0.05, 0.1) is 6.04 Å². The molecule has 1 aliphatic rings. The third kappa shape index (κ3) is 3.80. The van der Waals surface area contributed by atoms with Crippen molar-refractivity contribution in [2.75, 3.05) is 19.6 Å². The Kier molecular flexibility index (Phi) is 5.43. The first-order valence-electron chi connectivity index (χ1n) is 9.62. The molecule has 1 atom stereocenters. The smallest absolute Gasteiger partial charge is 0.270 e. The van der Waals surface area contributed by atoms with Gasteiger partial charge in [-0.2, -0.15) is 0 Å². The minimum atomic E-state index is -0.401. The number of aromatic nitrogens is 3. The van der Waals surface area contributed by atoms with Crippen molar-refractivity contribution < 1.29 is 4.79 Å². The third-order valence-electron chi connectivity index (χ3n) is 5.21. The van der Waals surface area contributed by atoms with Crippen molar-refractivity contribution in [3.05, 3.63) is 76.6 Å². The lowest BCUT2D eigenvalue weighted by atomic mass is 10.0. The Morgan fingerprint density at radius 1 is 1.11 bits per heavy atom. The van der Waals surface area contributed by atoms with E-state index in [1.165, 1.54) is 17.0 Å². The highest BCUT2D eigenvalue weighted by atomic mass is 16.2. The number of hydrogen-bond acceptors (Lipinski definition) is 5. The molecule has 3 aromatic rings. The molecule has 4 heterocycles. The molecule has 1 unspecified atom stereocenters. The van der Waals surface area contributed by atoms with Gasteiger partial charge in [-0.05, 0) is 49.7 Å². The quantitative estimate of drug-likeness (QED) is 0.736. The maximum atomic E-state index is 12.7. The molecule has 1 amide bonds. The molecule has 0 saturated carbocycles. The van der Waals surface area contributed by atoms with Crippen molar-refractivity contribution in [2.45, 2.75) is 25.3 Å². The molecule has 7 nitrogen and oxygen atoms in total. The van der Waals surface area contributed by atoms with E-state index in [1.54, 1.807) is 30.6 Å². The van der Waals surface area contributed by atoms with E-state index in [0.29, 0.717) is 12.2 Å². The molecular formula is C21H23N5O2. The van der Waals surface area contributed by atoms with Gasteiger partial charge < -0.3 is 5.32 Å². The number of nitrogens with one attached hydrogen (secondary N) is 1. The van der Waals surface area contributed by atoms with Crippen LogP contribution >= 0.6 is 0 Å². The van der Waals surface area contributed by atoms with Crippen LogP contribution in [0.1, 0.15) is 41.2 Å². The molecular weight excluding hydrogens is 354 g/mol. The number of carbonyl (C=O) groups excluding carboxylic acids is 1. The third-order valence-corrected chi connectivity index (χ3v) is 5.21. The summed E-state index contributed by atoms with van der Waals surface area (Å²) in [5.41, 5.74) is 1.27. The second-order valence-corrected chi connectivity index (χ2v) is 7.01. The Morgan fingerprint density at radius 3 is 2.75 bits per heavy atom. The number of nitrogens with zero attached hydrogens (tertiary/aromatic N) is 4. The van der Waals surface area contributed by atoms with Crippen molar-refractivity contribution in [1.29, 1.82) is 0 Å². The number of hydrogen-bond donors (Lipinski definition) is 1. The summed E-state index contributed by atoms with van der Waals surface area (Å²) in [6, 6.07) is 9.26. The maximum absolute atomic E-state index is 12.7. The second kappa shape index (κ2) is 8.31. The summed E-state index contributed by atoms with van der Waals surface area (Å²) in [5.74, 6) is -0.401. The molecule has 144 valence electrons. The van der Waals surface area contributed by atoms with Crippen LogP contribution in [0.25, 0.3) is 5.65 Å². The van der Waals surface area contributed by atoms with Gasteiger partial charge in [0, 0.05) is 31.3 Å². The lowest BCUT2D eigenvalue weighted by Gasteiger charge is -2.34. The van der Waals surface area contributed by atoms with E-state index in [1.807, 2.05) is 18.3 Å². The average Bonchev–Trinajstić information content (AvgIpc) is 2.76. The summed E-state index contributed by atoms with van der Waals surface area (Å²) in [6.07, 6.45) is 10.1.